The van der Waals surface area contributed by atoms with Crippen molar-refractivity contribution >= 4 is 0 Å². The van der Waals surface area contributed by atoms with Gasteiger partial charge in [-0.05, 0) is 44.2 Å². The molecule has 0 aromatic heterocycles. The third-order valence-electron chi connectivity index (χ3n) is 4.59. The van der Waals surface area contributed by atoms with Crippen molar-refractivity contribution in [3.8, 4) is 0 Å². The average molecular weight is 294 g/mol. The van der Waals surface area contributed by atoms with Crippen molar-refractivity contribution in [2.24, 2.45) is 11.7 Å². The van der Waals surface area contributed by atoms with Crippen LogP contribution in [0.4, 0.5) is 4.39 Å². The Morgan fingerprint density at radius 3 is 2.90 bits per heavy atom. The maximum atomic E-state index is 13.8. The van der Waals surface area contributed by atoms with Gasteiger partial charge in [0.15, 0.2) is 0 Å². The topological polar surface area (TPSA) is 49.5 Å². The summed E-state index contributed by atoms with van der Waals surface area (Å²) in [6, 6.07) is 7.07. The van der Waals surface area contributed by atoms with E-state index in [0.717, 1.165) is 25.9 Å². The van der Waals surface area contributed by atoms with Gasteiger partial charge in [0, 0.05) is 30.8 Å². The highest BCUT2D eigenvalue weighted by atomic mass is 19.1. The van der Waals surface area contributed by atoms with Gasteiger partial charge < -0.3 is 15.7 Å². The number of nitrogens with two attached hydrogens (primary N) is 1. The largest absolute Gasteiger partial charge is 0.396 e. The summed E-state index contributed by atoms with van der Waals surface area (Å²) < 4.78 is 13.8. The standard InChI is InChI=1S/C17H27FN2O/c1-13(17(19)15-8-2-3-9-16(15)18)12-20-10-4-6-14(20)7-5-11-21/h2-3,8-9,13-14,17,21H,4-7,10-12,19H2,1H3. The second-order valence-corrected chi connectivity index (χ2v) is 6.18. The first-order valence-corrected chi connectivity index (χ1v) is 7.98. The van der Waals surface area contributed by atoms with Crippen LogP contribution in [0, 0.1) is 11.7 Å². The molecule has 0 spiro atoms. The Balaban J connectivity index is 1.94. The minimum atomic E-state index is -0.273. The number of aliphatic hydroxyl groups is 1. The van der Waals surface area contributed by atoms with Crippen LogP contribution in [0.25, 0.3) is 0 Å². The fourth-order valence-corrected chi connectivity index (χ4v) is 3.32. The van der Waals surface area contributed by atoms with Gasteiger partial charge in [0.25, 0.3) is 0 Å². The van der Waals surface area contributed by atoms with Crippen LogP contribution in [-0.2, 0) is 0 Å². The number of nitrogens with zero attached hydrogens (tertiary/aromatic N) is 1. The monoisotopic (exact) mass is 294 g/mol. The zero-order valence-corrected chi connectivity index (χ0v) is 12.8. The average Bonchev–Trinajstić information content (AvgIpc) is 2.92. The van der Waals surface area contributed by atoms with Gasteiger partial charge in [0.05, 0.1) is 0 Å². The molecular weight excluding hydrogens is 267 g/mol. The highest BCUT2D eigenvalue weighted by Gasteiger charge is 2.27. The molecule has 1 aliphatic rings. The number of hydrogen-bond acceptors (Lipinski definition) is 3. The molecule has 118 valence electrons. The summed E-state index contributed by atoms with van der Waals surface area (Å²) in [6.45, 7) is 4.34. The molecule has 1 heterocycles. The van der Waals surface area contributed by atoms with Crippen molar-refractivity contribution in [2.45, 2.75) is 44.7 Å². The Morgan fingerprint density at radius 2 is 2.19 bits per heavy atom. The Bertz CT molecular complexity index is 441. The molecule has 3 N–H and O–H groups in total. The van der Waals surface area contributed by atoms with Gasteiger partial charge in [-0.25, -0.2) is 4.39 Å². The third kappa shape index (κ3) is 4.25. The summed E-state index contributed by atoms with van der Waals surface area (Å²) in [5.41, 5.74) is 6.86. The van der Waals surface area contributed by atoms with Crippen molar-refractivity contribution < 1.29 is 9.50 Å². The molecule has 1 fully saturated rings. The van der Waals surface area contributed by atoms with Gasteiger partial charge in [-0.1, -0.05) is 25.1 Å². The first kappa shape index (κ1) is 16.4. The van der Waals surface area contributed by atoms with Crippen LogP contribution in [0.1, 0.15) is 44.2 Å². The van der Waals surface area contributed by atoms with Crippen molar-refractivity contribution in [3.05, 3.63) is 35.6 Å². The van der Waals surface area contributed by atoms with Crippen LogP contribution in [0.3, 0.4) is 0 Å². The van der Waals surface area contributed by atoms with Crippen molar-refractivity contribution in [3.63, 3.8) is 0 Å². The number of hydrogen-bond donors (Lipinski definition) is 2. The van der Waals surface area contributed by atoms with E-state index < -0.39 is 0 Å². The maximum absolute atomic E-state index is 13.8. The van der Waals surface area contributed by atoms with E-state index in [0.29, 0.717) is 11.6 Å². The minimum Gasteiger partial charge on any atom is -0.396 e. The molecule has 2 rings (SSSR count). The van der Waals surface area contributed by atoms with Gasteiger partial charge in [0.1, 0.15) is 5.82 Å². The highest BCUT2D eigenvalue weighted by Crippen LogP contribution is 2.27. The molecule has 1 aromatic rings. The van der Waals surface area contributed by atoms with Crippen LogP contribution in [-0.4, -0.2) is 35.7 Å². The van der Waals surface area contributed by atoms with E-state index in [4.69, 9.17) is 10.8 Å². The van der Waals surface area contributed by atoms with Crippen LogP contribution >= 0.6 is 0 Å². The van der Waals surface area contributed by atoms with Gasteiger partial charge in [0.2, 0.25) is 0 Å². The number of likely N-dealkylation sites (tertiary alicyclic amines) is 1. The van der Waals surface area contributed by atoms with E-state index >= 15 is 0 Å². The highest BCUT2D eigenvalue weighted by molar-refractivity contribution is 5.21. The number of aliphatic hydroxyl groups excluding tert-OH is 1. The molecule has 1 aliphatic heterocycles. The Hall–Kier alpha value is -0.970. The van der Waals surface area contributed by atoms with Crippen molar-refractivity contribution in [2.75, 3.05) is 19.7 Å². The maximum Gasteiger partial charge on any atom is 0.127 e. The smallest absolute Gasteiger partial charge is 0.127 e. The van der Waals surface area contributed by atoms with Crippen molar-refractivity contribution in [1.29, 1.82) is 0 Å². The minimum absolute atomic E-state index is 0.205. The number of halogens is 1. The summed E-state index contributed by atoms with van der Waals surface area (Å²) in [4.78, 5) is 2.46. The lowest BCUT2D eigenvalue weighted by molar-refractivity contribution is 0.185. The Kier molecular flexibility index (Phi) is 6.15. The van der Waals surface area contributed by atoms with Crippen LogP contribution in [0.2, 0.25) is 0 Å². The summed E-state index contributed by atoms with van der Waals surface area (Å²) in [6.07, 6.45) is 4.30. The van der Waals surface area contributed by atoms with E-state index in [1.807, 2.05) is 6.07 Å². The second-order valence-electron chi connectivity index (χ2n) is 6.18. The lowest BCUT2D eigenvalue weighted by Gasteiger charge is -2.30. The predicted octanol–water partition coefficient (Wildman–Crippen LogP) is 2.70. The Morgan fingerprint density at radius 1 is 1.43 bits per heavy atom. The van der Waals surface area contributed by atoms with E-state index in [9.17, 15) is 4.39 Å². The Labute approximate surface area is 126 Å². The number of benzene rings is 1. The van der Waals surface area contributed by atoms with E-state index in [1.165, 1.54) is 18.9 Å². The van der Waals surface area contributed by atoms with E-state index in [1.54, 1.807) is 12.1 Å². The first-order valence-electron chi connectivity index (χ1n) is 7.98. The zero-order chi connectivity index (χ0) is 15.2. The van der Waals surface area contributed by atoms with E-state index in [2.05, 4.69) is 11.8 Å². The van der Waals surface area contributed by atoms with Crippen LogP contribution in [0.15, 0.2) is 24.3 Å². The predicted molar refractivity (Wildman–Crippen MR) is 83.4 cm³/mol. The third-order valence-corrected chi connectivity index (χ3v) is 4.59. The van der Waals surface area contributed by atoms with Gasteiger partial charge in [-0.15, -0.1) is 0 Å². The molecule has 3 nitrogen and oxygen atoms in total. The molecule has 1 saturated heterocycles. The zero-order valence-electron chi connectivity index (χ0n) is 12.8. The second kappa shape index (κ2) is 7.87. The van der Waals surface area contributed by atoms with Gasteiger partial charge in [-0.2, -0.15) is 0 Å². The molecule has 0 radical (unpaired) electrons. The molecule has 0 aliphatic carbocycles. The van der Waals surface area contributed by atoms with Gasteiger partial charge in [-0.3, -0.25) is 0 Å². The normalized spacial score (nSPS) is 22.4. The van der Waals surface area contributed by atoms with Crippen molar-refractivity contribution in [1.82, 2.24) is 4.90 Å². The lowest BCUT2D eigenvalue weighted by Crippen LogP contribution is -2.37. The van der Waals surface area contributed by atoms with Crippen LogP contribution in [0.5, 0.6) is 0 Å². The summed E-state index contributed by atoms with van der Waals surface area (Å²) in [5.74, 6) is -0.00766. The fourth-order valence-electron chi connectivity index (χ4n) is 3.32. The van der Waals surface area contributed by atoms with E-state index in [-0.39, 0.29) is 24.4 Å². The van der Waals surface area contributed by atoms with Gasteiger partial charge >= 0.3 is 0 Å². The summed E-state index contributed by atoms with van der Waals surface area (Å²) >= 11 is 0. The molecular formula is C17H27FN2O. The molecule has 0 amide bonds. The SMILES string of the molecule is CC(CN1CCCC1CCCO)C(N)c1ccccc1F. The molecule has 3 atom stereocenters. The quantitative estimate of drug-likeness (QED) is 0.813. The molecule has 4 heteroatoms. The number of rotatable bonds is 7. The molecule has 21 heavy (non-hydrogen) atoms. The first-order chi connectivity index (χ1) is 10.1. The van der Waals surface area contributed by atoms with Crippen LogP contribution < -0.4 is 5.73 Å². The summed E-state index contributed by atoms with van der Waals surface area (Å²) in [7, 11) is 0. The molecule has 1 aromatic carbocycles. The summed E-state index contributed by atoms with van der Waals surface area (Å²) in [5, 5.41) is 8.98. The lowest BCUT2D eigenvalue weighted by atomic mass is 9.94. The molecule has 3 unspecified atom stereocenters. The molecule has 0 saturated carbocycles. The molecule has 0 bridgehead atoms. The fraction of sp³-hybridized carbons (Fsp3) is 0.647.